The van der Waals surface area contributed by atoms with Crippen molar-refractivity contribution in [2.75, 3.05) is 5.32 Å². The molecule has 0 saturated carbocycles. The van der Waals surface area contributed by atoms with E-state index in [1.165, 1.54) is 0 Å². The Morgan fingerprint density at radius 3 is 2.54 bits per heavy atom. The van der Waals surface area contributed by atoms with Crippen LogP contribution in [-0.2, 0) is 4.79 Å². The van der Waals surface area contributed by atoms with Gasteiger partial charge in [0.05, 0.1) is 0 Å². The predicted octanol–water partition coefficient (Wildman–Crippen LogP) is 2.61. The van der Waals surface area contributed by atoms with E-state index < -0.39 is 0 Å². The number of amides is 1. The van der Waals surface area contributed by atoms with Gasteiger partial charge in [0.1, 0.15) is 0 Å². The molecule has 1 aromatic carbocycles. The first-order chi connectivity index (χ1) is 6.22. The van der Waals surface area contributed by atoms with Crippen molar-refractivity contribution in [1.82, 2.24) is 0 Å². The Balaban J connectivity index is 2.54. The van der Waals surface area contributed by atoms with Crippen LogP contribution in [0.2, 0.25) is 0 Å². The van der Waals surface area contributed by atoms with Gasteiger partial charge in [-0.05, 0) is 31.0 Å². The van der Waals surface area contributed by atoms with E-state index in [2.05, 4.69) is 12.2 Å². The molecular formula is C11H14NO. The van der Waals surface area contributed by atoms with Gasteiger partial charge in [0.2, 0.25) is 5.91 Å². The molecule has 0 atom stereocenters. The molecule has 69 valence electrons. The molecule has 0 saturated heterocycles. The van der Waals surface area contributed by atoms with Crippen molar-refractivity contribution in [3.63, 3.8) is 0 Å². The smallest absolute Gasteiger partial charge is 0.224 e. The zero-order valence-electron chi connectivity index (χ0n) is 7.84. The summed E-state index contributed by atoms with van der Waals surface area (Å²) in [5.41, 5.74) is 1.79. The summed E-state index contributed by atoms with van der Waals surface area (Å²) in [6.07, 6.45) is 1.45. The minimum absolute atomic E-state index is 0.0688. The van der Waals surface area contributed by atoms with Crippen LogP contribution in [0.3, 0.4) is 0 Å². The second kappa shape index (κ2) is 4.65. The molecule has 1 rings (SSSR count). The number of nitrogens with one attached hydrogen (secondary N) is 1. The van der Waals surface area contributed by atoms with Gasteiger partial charge in [-0.15, -0.1) is 0 Å². The summed E-state index contributed by atoms with van der Waals surface area (Å²) in [5, 5.41) is 2.80. The van der Waals surface area contributed by atoms with E-state index in [9.17, 15) is 4.79 Å². The highest BCUT2D eigenvalue weighted by Gasteiger charge is 1.98. The maximum atomic E-state index is 11.2. The molecule has 0 spiro atoms. The molecule has 0 unspecified atom stereocenters. The summed E-state index contributed by atoms with van der Waals surface area (Å²) in [5.74, 6) is 0.0688. The monoisotopic (exact) mass is 176 g/mol. The lowest BCUT2D eigenvalue weighted by atomic mass is 10.2. The first kappa shape index (κ1) is 9.78. The van der Waals surface area contributed by atoms with Crippen molar-refractivity contribution >= 4 is 11.6 Å². The lowest BCUT2D eigenvalue weighted by Crippen LogP contribution is -2.10. The largest absolute Gasteiger partial charge is 0.326 e. The number of hydrogen-bond acceptors (Lipinski definition) is 1. The Morgan fingerprint density at radius 2 is 2.00 bits per heavy atom. The summed E-state index contributed by atoms with van der Waals surface area (Å²) in [6.45, 7) is 5.75. The van der Waals surface area contributed by atoms with Crippen molar-refractivity contribution < 1.29 is 4.79 Å². The van der Waals surface area contributed by atoms with Crippen LogP contribution in [0.1, 0.15) is 25.3 Å². The first-order valence-electron chi connectivity index (χ1n) is 4.44. The topological polar surface area (TPSA) is 29.1 Å². The van der Waals surface area contributed by atoms with E-state index in [4.69, 9.17) is 0 Å². The Bertz CT molecular complexity index is 277. The fourth-order valence-electron chi connectivity index (χ4n) is 1.04. The summed E-state index contributed by atoms with van der Waals surface area (Å²) in [4.78, 5) is 11.2. The zero-order valence-corrected chi connectivity index (χ0v) is 7.84. The van der Waals surface area contributed by atoms with Gasteiger partial charge in [-0.1, -0.05) is 19.1 Å². The van der Waals surface area contributed by atoms with Crippen LogP contribution in [0.25, 0.3) is 0 Å². The van der Waals surface area contributed by atoms with Crippen molar-refractivity contribution in [3.05, 3.63) is 36.8 Å². The SMILES string of the molecule is [CH2]c1ccc(NC(=O)CCC)cc1. The summed E-state index contributed by atoms with van der Waals surface area (Å²) in [6, 6.07) is 7.47. The van der Waals surface area contributed by atoms with Crippen LogP contribution in [0.15, 0.2) is 24.3 Å². The lowest BCUT2D eigenvalue weighted by molar-refractivity contribution is -0.116. The highest BCUT2D eigenvalue weighted by molar-refractivity contribution is 5.90. The molecule has 2 heteroatoms. The van der Waals surface area contributed by atoms with E-state index in [0.29, 0.717) is 6.42 Å². The molecule has 0 aromatic heterocycles. The minimum Gasteiger partial charge on any atom is -0.326 e. The van der Waals surface area contributed by atoms with Gasteiger partial charge in [-0.2, -0.15) is 0 Å². The second-order valence-corrected chi connectivity index (χ2v) is 3.00. The van der Waals surface area contributed by atoms with Crippen molar-refractivity contribution in [2.24, 2.45) is 0 Å². The fraction of sp³-hybridized carbons (Fsp3) is 0.273. The normalized spacial score (nSPS) is 9.69. The highest BCUT2D eigenvalue weighted by atomic mass is 16.1. The number of hydrogen-bond donors (Lipinski definition) is 1. The molecular weight excluding hydrogens is 162 g/mol. The summed E-state index contributed by atoms with van der Waals surface area (Å²) in [7, 11) is 0. The fourth-order valence-corrected chi connectivity index (χ4v) is 1.04. The van der Waals surface area contributed by atoms with E-state index in [0.717, 1.165) is 17.7 Å². The van der Waals surface area contributed by atoms with Crippen molar-refractivity contribution in [1.29, 1.82) is 0 Å². The average molecular weight is 176 g/mol. The number of carbonyl (C=O) groups excluding carboxylic acids is 1. The molecule has 0 heterocycles. The van der Waals surface area contributed by atoms with E-state index in [1.54, 1.807) is 0 Å². The van der Waals surface area contributed by atoms with E-state index >= 15 is 0 Å². The van der Waals surface area contributed by atoms with E-state index in [1.807, 2.05) is 31.2 Å². The second-order valence-electron chi connectivity index (χ2n) is 3.00. The molecule has 0 aliphatic carbocycles. The molecule has 0 fully saturated rings. The van der Waals surface area contributed by atoms with Crippen molar-refractivity contribution in [3.8, 4) is 0 Å². The van der Waals surface area contributed by atoms with E-state index in [-0.39, 0.29) is 5.91 Å². The van der Waals surface area contributed by atoms with Crippen LogP contribution < -0.4 is 5.32 Å². The van der Waals surface area contributed by atoms with Gasteiger partial charge >= 0.3 is 0 Å². The Kier molecular flexibility index (Phi) is 3.50. The van der Waals surface area contributed by atoms with Gasteiger partial charge in [0, 0.05) is 12.1 Å². The zero-order chi connectivity index (χ0) is 9.68. The highest BCUT2D eigenvalue weighted by Crippen LogP contribution is 2.08. The maximum Gasteiger partial charge on any atom is 0.224 e. The van der Waals surface area contributed by atoms with Crippen LogP contribution in [-0.4, -0.2) is 5.91 Å². The first-order valence-corrected chi connectivity index (χ1v) is 4.44. The minimum atomic E-state index is 0.0688. The number of carbonyl (C=O) groups is 1. The molecule has 0 aliphatic rings. The molecule has 2 nitrogen and oxygen atoms in total. The number of benzene rings is 1. The summed E-state index contributed by atoms with van der Waals surface area (Å²) >= 11 is 0. The third kappa shape index (κ3) is 3.28. The Hall–Kier alpha value is -1.31. The van der Waals surface area contributed by atoms with Crippen molar-refractivity contribution in [2.45, 2.75) is 19.8 Å². The predicted molar refractivity (Wildman–Crippen MR) is 54.4 cm³/mol. The third-order valence-corrected chi connectivity index (χ3v) is 1.71. The lowest BCUT2D eigenvalue weighted by Gasteiger charge is -2.03. The Labute approximate surface area is 79.0 Å². The van der Waals surface area contributed by atoms with Crippen LogP contribution in [0.4, 0.5) is 5.69 Å². The standard InChI is InChI=1S/C11H14NO/c1-3-4-11(13)12-10-7-5-9(2)6-8-10/h5-8H,2-4H2,1H3,(H,12,13). The molecule has 13 heavy (non-hydrogen) atoms. The Morgan fingerprint density at radius 1 is 1.38 bits per heavy atom. The van der Waals surface area contributed by atoms with Crippen LogP contribution >= 0.6 is 0 Å². The quantitative estimate of drug-likeness (QED) is 0.753. The summed E-state index contributed by atoms with van der Waals surface area (Å²) < 4.78 is 0. The molecule has 1 aromatic rings. The number of anilines is 1. The molecule has 1 N–H and O–H groups in total. The molecule has 0 aliphatic heterocycles. The molecule has 0 bridgehead atoms. The molecule has 1 amide bonds. The van der Waals surface area contributed by atoms with Crippen LogP contribution in [0.5, 0.6) is 0 Å². The third-order valence-electron chi connectivity index (χ3n) is 1.71. The van der Waals surface area contributed by atoms with Gasteiger partial charge in [-0.3, -0.25) is 4.79 Å². The van der Waals surface area contributed by atoms with Gasteiger partial charge < -0.3 is 5.32 Å². The van der Waals surface area contributed by atoms with Gasteiger partial charge in [0.15, 0.2) is 0 Å². The molecule has 1 radical (unpaired) electrons. The maximum absolute atomic E-state index is 11.2. The van der Waals surface area contributed by atoms with Crippen LogP contribution in [0, 0.1) is 6.92 Å². The number of rotatable bonds is 3. The average Bonchev–Trinajstić information content (AvgIpc) is 2.09. The van der Waals surface area contributed by atoms with Gasteiger partial charge in [-0.25, -0.2) is 0 Å². The van der Waals surface area contributed by atoms with Gasteiger partial charge in [0.25, 0.3) is 0 Å².